The number of unbranched alkanes of at least 4 members (excludes halogenated alkanes) is 24. The van der Waals surface area contributed by atoms with Crippen LogP contribution in [-0.4, -0.2) is 97.6 Å². The first-order chi connectivity index (χ1) is 30.9. The number of nitrogens with zero attached hydrogens (tertiary/aromatic N) is 2. The van der Waals surface area contributed by atoms with Crippen molar-refractivity contribution < 1.29 is 29.3 Å². The third-order valence-electron chi connectivity index (χ3n) is 13.3. The zero-order valence-electron chi connectivity index (χ0n) is 42.8. The van der Waals surface area contributed by atoms with Crippen LogP contribution in [0.1, 0.15) is 265 Å². The van der Waals surface area contributed by atoms with Crippen LogP contribution in [0.4, 0.5) is 0 Å². The second-order valence-electron chi connectivity index (χ2n) is 19.4. The van der Waals surface area contributed by atoms with Gasteiger partial charge in [-0.1, -0.05) is 195 Å². The van der Waals surface area contributed by atoms with Gasteiger partial charge in [-0.2, -0.15) is 0 Å². The van der Waals surface area contributed by atoms with Crippen molar-refractivity contribution in [2.45, 2.75) is 265 Å². The molecule has 0 saturated carbocycles. The van der Waals surface area contributed by atoms with Gasteiger partial charge in [0.05, 0.1) is 19.8 Å². The third-order valence-corrected chi connectivity index (χ3v) is 13.3. The summed E-state index contributed by atoms with van der Waals surface area (Å²) in [6, 6.07) is 0. The Kier molecular flexibility index (Phi) is 49.2. The monoisotopic (exact) mass is 895 g/mol. The molecule has 0 radical (unpaired) electrons. The molecule has 0 aliphatic heterocycles. The van der Waals surface area contributed by atoms with Gasteiger partial charge in [0.1, 0.15) is 0 Å². The van der Waals surface area contributed by atoms with E-state index in [1.54, 1.807) is 0 Å². The molecule has 0 aliphatic carbocycles. The lowest BCUT2D eigenvalue weighted by molar-refractivity contribution is -0.146. The average molecular weight is 895 g/mol. The number of aliphatic hydroxyl groups excluding tert-OH is 2. The Hall–Kier alpha value is -1.22. The van der Waals surface area contributed by atoms with E-state index in [0.29, 0.717) is 44.4 Å². The van der Waals surface area contributed by atoms with Crippen molar-refractivity contribution in [1.29, 1.82) is 0 Å². The smallest absolute Gasteiger partial charge is 0.305 e. The lowest BCUT2D eigenvalue weighted by Gasteiger charge is -2.27. The first-order valence-electron chi connectivity index (χ1n) is 27.9. The molecule has 2 N–H and O–H groups in total. The molecule has 8 heteroatoms. The minimum absolute atomic E-state index is 0.00744. The van der Waals surface area contributed by atoms with E-state index in [1.165, 1.54) is 167 Å². The van der Waals surface area contributed by atoms with Crippen LogP contribution in [0.15, 0.2) is 0 Å². The maximum absolute atomic E-state index is 12.7. The molecule has 0 fully saturated rings. The Morgan fingerprint density at radius 2 is 0.651 bits per heavy atom. The fraction of sp³-hybridized carbons (Fsp3) is 0.964. The summed E-state index contributed by atoms with van der Waals surface area (Å²) in [4.78, 5) is 30.2. The van der Waals surface area contributed by atoms with Crippen LogP contribution in [0, 0.1) is 11.8 Å². The Balaban J connectivity index is 4.58. The minimum Gasteiger partial charge on any atom is -0.465 e. The molecule has 2 unspecified atom stereocenters. The molecule has 0 aromatic rings. The lowest BCUT2D eigenvalue weighted by Crippen LogP contribution is -2.38. The summed E-state index contributed by atoms with van der Waals surface area (Å²) in [7, 11) is 0. The maximum atomic E-state index is 12.7. The van der Waals surface area contributed by atoms with Crippen LogP contribution in [0.5, 0.6) is 0 Å². The largest absolute Gasteiger partial charge is 0.465 e. The van der Waals surface area contributed by atoms with E-state index >= 15 is 0 Å². The summed E-state index contributed by atoms with van der Waals surface area (Å²) in [6.07, 6.45) is 43.5. The quantitative estimate of drug-likeness (QED) is 0.0460. The van der Waals surface area contributed by atoms with Crippen LogP contribution in [0.2, 0.25) is 0 Å². The Labute approximate surface area is 392 Å². The molecule has 0 spiro atoms. The predicted octanol–water partition coefficient (Wildman–Crippen LogP) is 14.4. The number of carbonyl (C=O) groups is 2. The average Bonchev–Trinajstić information content (AvgIpc) is 3.28. The van der Waals surface area contributed by atoms with E-state index < -0.39 is 0 Å². The van der Waals surface area contributed by atoms with Gasteiger partial charge >= 0.3 is 11.9 Å². The first kappa shape index (κ1) is 61.8. The van der Waals surface area contributed by atoms with E-state index in [9.17, 15) is 19.8 Å². The predicted molar refractivity (Wildman–Crippen MR) is 269 cm³/mol. The molecular weight excluding hydrogens is 785 g/mol. The highest BCUT2D eigenvalue weighted by Gasteiger charge is 2.15. The Morgan fingerprint density at radius 3 is 1.02 bits per heavy atom. The van der Waals surface area contributed by atoms with Gasteiger partial charge in [-0.3, -0.25) is 14.5 Å². The molecule has 0 aromatic heterocycles. The second-order valence-corrected chi connectivity index (χ2v) is 19.4. The molecule has 0 aromatic carbocycles. The Morgan fingerprint density at radius 1 is 0.349 bits per heavy atom. The summed E-state index contributed by atoms with van der Waals surface area (Å²) in [5.41, 5.74) is 0. The van der Waals surface area contributed by atoms with Crippen LogP contribution >= 0.6 is 0 Å². The third kappa shape index (κ3) is 44.4. The van der Waals surface area contributed by atoms with Gasteiger partial charge in [0.15, 0.2) is 0 Å². The topological polar surface area (TPSA) is 99.5 Å². The fourth-order valence-electron chi connectivity index (χ4n) is 8.99. The first-order valence-corrected chi connectivity index (χ1v) is 27.9. The van der Waals surface area contributed by atoms with Crippen LogP contribution < -0.4 is 0 Å². The lowest BCUT2D eigenvalue weighted by atomic mass is 9.95. The molecule has 2 atom stereocenters. The van der Waals surface area contributed by atoms with E-state index in [1.807, 2.05) is 0 Å². The van der Waals surface area contributed by atoms with Crippen LogP contribution in [0.25, 0.3) is 0 Å². The summed E-state index contributed by atoms with van der Waals surface area (Å²) in [5, 5.41) is 19.0. The number of esters is 2. The van der Waals surface area contributed by atoms with Crippen molar-refractivity contribution in [3.05, 3.63) is 0 Å². The summed E-state index contributed by atoms with van der Waals surface area (Å²) < 4.78 is 11.7. The van der Waals surface area contributed by atoms with Gasteiger partial charge in [0, 0.05) is 45.6 Å². The molecule has 0 rings (SSSR count). The van der Waals surface area contributed by atoms with Crippen molar-refractivity contribution in [1.82, 2.24) is 9.80 Å². The van der Waals surface area contributed by atoms with Gasteiger partial charge < -0.3 is 24.6 Å². The SMILES string of the molecule is CCCCCCCCC(CCCCCC)COC(=O)CCCCCCCN(CCCCCCCC(=O)OCC(CCCCCC)CCCCCCCC)CCN(CCO)CCCO. The van der Waals surface area contributed by atoms with E-state index in [-0.39, 0.29) is 25.2 Å². The normalized spacial score (nSPS) is 12.7. The van der Waals surface area contributed by atoms with Crippen molar-refractivity contribution in [2.24, 2.45) is 11.8 Å². The Bertz CT molecular complexity index is 875. The summed E-state index contributed by atoms with van der Waals surface area (Å²) in [5.74, 6) is 1.03. The zero-order valence-corrected chi connectivity index (χ0v) is 42.8. The molecule has 0 heterocycles. The molecule has 0 saturated heterocycles. The number of ether oxygens (including phenoxy) is 2. The number of carbonyl (C=O) groups excluding carboxylic acids is 2. The number of rotatable bonds is 52. The zero-order chi connectivity index (χ0) is 46.1. The molecule has 0 amide bonds. The maximum Gasteiger partial charge on any atom is 0.305 e. The van der Waals surface area contributed by atoms with E-state index in [4.69, 9.17) is 9.47 Å². The van der Waals surface area contributed by atoms with Crippen LogP contribution in [-0.2, 0) is 19.1 Å². The van der Waals surface area contributed by atoms with Gasteiger partial charge in [0.25, 0.3) is 0 Å². The van der Waals surface area contributed by atoms with Gasteiger partial charge in [0.2, 0.25) is 0 Å². The van der Waals surface area contributed by atoms with Crippen LogP contribution in [0.3, 0.4) is 0 Å². The number of hydrogen-bond acceptors (Lipinski definition) is 8. The second kappa shape index (κ2) is 50.2. The van der Waals surface area contributed by atoms with Crippen molar-refractivity contribution in [3.8, 4) is 0 Å². The highest BCUT2D eigenvalue weighted by atomic mass is 16.5. The fourth-order valence-corrected chi connectivity index (χ4v) is 8.99. The highest BCUT2D eigenvalue weighted by molar-refractivity contribution is 5.69. The van der Waals surface area contributed by atoms with Gasteiger partial charge in [-0.05, 0) is 82.7 Å². The van der Waals surface area contributed by atoms with Gasteiger partial charge in [-0.25, -0.2) is 0 Å². The molecule has 0 aliphatic rings. The highest BCUT2D eigenvalue weighted by Crippen LogP contribution is 2.22. The van der Waals surface area contributed by atoms with E-state index in [2.05, 4.69) is 37.5 Å². The molecule has 8 nitrogen and oxygen atoms in total. The molecular formula is C55H110N2O6. The van der Waals surface area contributed by atoms with E-state index in [0.717, 1.165) is 90.5 Å². The standard InChI is InChI=1S/C55H110N2O6/c1-5-9-13-17-21-29-38-52(36-27-15-11-7-3)50-62-54(60)40-31-23-19-25-33-42-56(45-46-57(47-49-59)44-35-48-58)43-34-26-20-24-32-41-55(61)63-51-53(37-28-16-12-8-4)39-30-22-18-14-10-6-2/h52-53,58-59H,5-51H2,1-4H3. The minimum atomic E-state index is -0.00744. The van der Waals surface area contributed by atoms with Gasteiger partial charge in [-0.15, -0.1) is 0 Å². The van der Waals surface area contributed by atoms with Crippen molar-refractivity contribution in [2.75, 3.05) is 65.7 Å². The summed E-state index contributed by atoms with van der Waals surface area (Å²) in [6.45, 7) is 16.1. The molecule has 63 heavy (non-hydrogen) atoms. The molecule has 0 bridgehead atoms. The van der Waals surface area contributed by atoms with Crippen molar-refractivity contribution in [3.63, 3.8) is 0 Å². The number of aliphatic hydroxyl groups is 2. The van der Waals surface area contributed by atoms with Crippen molar-refractivity contribution >= 4 is 11.9 Å². The number of hydrogen-bond donors (Lipinski definition) is 2. The molecule has 376 valence electrons. The summed E-state index contributed by atoms with van der Waals surface area (Å²) >= 11 is 0.